The molecule has 0 bridgehead atoms. The maximum Gasteiger partial charge on any atom is 0.161 e. The van der Waals surface area contributed by atoms with Crippen molar-refractivity contribution < 1.29 is 23.5 Å². The number of benzene rings is 4. The normalized spacial score (nSPS) is 12.3. The van der Waals surface area contributed by atoms with Crippen molar-refractivity contribution in [1.82, 2.24) is 4.90 Å². The standard InChI is InChI=1S/C35H36N2O5P/c1-24-16-30(21-37(3)12-15-43-38)34(41-22-27-7-4-6-26(17-27)20-36)19-33(24)42-23-29-8-5-9-31(25(29)2)28-10-11-32-35(18-28)40-14-13-39-32/h4-11,16-19,43H,12-15,21-23H2,1-3H3. The van der Waals surface area contributed by atoms with Crippen LogP contribution >= 0.6 is 8.46 Å². The molecule has 1 radical (unpaired) electrons. The minimum Gasteiger partial charge on any atom is -0.488 e. The van der Waals surface area contributed by atoms with E-state index in [1.54, 1.807) is 6.07 Å². The van der Waals surface area contributed by atoms with Crippen molar-refractivity contribution in [2.75, 3.05) is 33.0 Å². The lowest BCUT2D eigenvalue weighted by atomic mass is 9.96. The molecule has 0 aromatic heterocycles. The van der Waals surface area contributed by atoms with E-state index >= 15 is 0 Å². The van der Waals surface area contributed by atoms with Crippen LogP contribution in [0.4, 0.5) is 0 Å². The Bertz CT molecular complexity index is 1650. The molecule has 221 valence electrons. The van der Waals surface area contributed by atoms with Gasteiger partial charge < -0.3 is 23.8 Å². The molecule has 0 N–H and O–H groups in total. The predicted molar refractivity (Wildman–Crippen MR) is 169 cm³/mol. The summed E-state index contributed by atoms with van der Waals surface area (Å²) in [6.07, 6.45) is 0.624. The van der Waals surface area contributed by atoms with E-state index in [0.717, 1.165) is 68.5 Å². The van der Waals surface area contributed by atoms with E-state index in [9.17, 15) is 9.83 Å². The lowest BCUT2D eigenvalue weighted by Gasteiger charge is -2.21. The molecule has 43 heavy (non-hydrogen) atoms. The average molecular weight is 596 g/mol. The average Bonchev–Trinajstić information content (AvgIpc) is 3.03. The van der Waals surface area contributed by atoms with Crippen LogP contribution in [-0.4, -0.2) is 37.9 Å². The summed E-state index contributed by atoms with van der Waals surface area (Å²) in [6.45, 7) is 7.37. The number of rotatable bonds is 12. The van der Waals surface area contributed by atoms with E-state index < -0.39 is 0 Å². The highest BCUT2D eigenvalue weighted by molar-refractivity contribution is 7.23. The second-order valence-corrected chi connectivity index (χ2v) is 11.5. The molecule has 1 atom stereocenters. The van der Waals surface area contributed by atoms with Gasteiger partial charge in [0.2, 0.25) is 0 Å². The minimum atomic E-state index is -0.321. The first-order chi connectivity index (χ1) is 20.9. The number of ether oxygens (including phenoxy) is 4. The van der Waals surface area contributed by atoms with Gasteiger partial charge in [-0.25, -0.2) is 0 Å². The Morgan fingerprint density at radius 2 is 1.67 bits per heavy atom. The molecule has 1 aliphatic heterocycles. The molecular formula is C35H36N2O5P. The first kappa shape index (κ1) is 30.1. The zero-order valence-corrected chi connectivity index (χ0v) is 25.8. The van der Waals surface area contributed by atoms with Gasteiger partial charge in [-0.2, -0.15) is 5.26 Å². The van der Waals surface area contributed by atoms with Gasteiger partial charge >= 0.3 is 0 Å². The maximum absolute atomic E-state index is 11.1. The molecule has 0 spiro atoms. The summed E-state index contributed by atoms with van der Waals surface area (Å²) in [6, 6.07) is 26.0. The summed E-state index contributed by atoms with van der Waals surface area (Å²) in [5.41, 5.74) is 7.97. The van der Waals surface area contributed by atoms with Crippen molar-refractivity contribution in [2.45, 2.75) is 33.6 Å². The molecular weight excluding hydrogens is 559 g/mol. The fourth-order valence-electron chi connectivity index (χ4n) is 5.16. The van der Waals surface area contributed by atoms with Crippen molar-refractivity contribution >= 4 is 8.46 Å². The van der Waals surface area contributed by atoms with Crippen LogP contribution in [0.15, 0.2) is 72.8 Å². The number of nitriles is 1. The van der Waals surface area contributed by atoms with Gasteiger partial charge in [-0.15, -0.1) is 0 Å². The predicted octanol–water partition coefficient (Wildman–Crippen LogP) is 7.23. The lowest BCUT2D eigenvalue weighted by Crippen LogP contribution is -2.20. The quantitative estimate of drug-likeness (QED) is 0.160. The second kappa shape index (κ2) is 14.2. The third kappa shape index (κ3) is 7.53. The van der Waals surface area contributed by atoms with Crippen LogP contribution in [0.2, 0.25) is 0 Å². The van der Waals surface area contributed by atoms with Crippen molar-refractivity contribution in [3.63, 3.8) is 0 Å². The van der Waals surface area contributed by atoms with Crippen molar-refractivity contribution in [2.24, 2.45) is 0 Å². The Labute approximate surface area is 254 Å². The first-order valence-electron chi connectivity index (χ1n) is 14.4. The summed E-state index contributed by atoms with van der Waals surface area (Å²) in [4.78, 5) is 2.14. The lowest BCUT2D eigenvalue weighted by molar-refractivity contribution is 0.171. The van der Waals surface area contributed by atoms with Crippen molar-refractivity contribution in [3.8, 4) is 40.2 Å². The fourth-order valence-corrected chi connectivity index (χ4v) is 5.63. The summed E-state index contributed by atoms with van der Waals surface area (Å²) in [5.74, 6) is 3.02. The SMILES string of the molecule is Cc1cc(CN(C)CC[PH]=O)c(OCc2cccc(C#N)c2)cc1OCc1cccc(-c2ccc3c(c2)OCCO3)c1C. The molecule has 7 nitrogen and oxygen atoms in total. The molecule has 5 rings (SSSR count). The Morgan fingerprint density at radius 3 is 2.49 bits per heavy atom. The van der Waals surface area contributed by atoms with E-state index in [4.69, 9.17) is 18.9 Å². The third-order valence-electron chi connectivity index (χ3n) is 7.53. The highest BCUT2D eigenvalue weighted by Crippen LogP contribution is 2.37. The van der Waals surface area contributed by atoms with Gasteiger partial charge in [0.05, 0.1) is 20.1 Å². The van der Waals surface area contributed by atoms with Crippen LogP contribution in [-0.2, 0) is 24.3 Å². The number of hydrogen-bond donors (Lipinski definition) is 0. The Morgan fingerprint density at radius 1 is 0.884 bits per heavy atom. The molecule has 0 aliphatic carbocycles. The molecule has 0 saturated heterocycles. The first-order valence-corrected chi connectivity index (χ1v) is 15.5. The molecule has 0 saturated carbocycles. The van der Waals surface area contributed by atoms with E-state index in [1.807, 2.05) is 50.4 Å². The van der Waals surface area contributed by atoms with Crippen LogP contribution < -0.4 is 18.9 Å². The van der Waals surface area contributed by atoms with Crippen LogP contribution in [0.1, 0.15) is 33.4 Å². The van der Waals surface area contributed by atoms with Gasteiger partial charge in [-0.05, 0) is 84.6 Å². The summed E-state index contributed by atoms with van der Waals surface area (Å²) in [7, 11) is 1.69. The van der Waals surface area contributed by atoms with E-state index in [2.05, 4.69) is 48.2 Å². The summed E-state index contributed by atoms with van der Waals surface area (Å²) in [5, 5.41) is 9.28. The van der Waals surface area contributed by atoms with Crippen LogP contribution in [0.5, 0.6) is 23.0 Å². The zero-order chi connectivity index (χ0) is 30.2. The minimum absolute atomic E-state index is 0.321. The Kier molecular flexibility index (Phi) is 9.94. The number of nitrogens with zero attached hydrogens (tertiary/aromatic N) is 2. The van der Waals surface area contributed by atoms with Crippen molar-refractivity contribution in [3.05, 3.63) is 106 Å². The van der Waals surface area contributed by atoms with Crippen LogP contribution in [0.25, 0.3) is 11.1 Å². The van der Waals surface area contributed by atoms with E-state index in [1.165, 1.54) is 0 Å². The van der Waals surface area contributed by atoms with Gasteiger partial charge in [0.15, 0.2) is 11.5 Å². The largest absolute Gasteiger partial charge is 0.488 e. The molecule has 4 aromatic rings. The molecule has 8 heteroatoms. The molecule has 4 aromatic carbocycles. The highest BCUT2D eigenvalue weighted by Gasteiger charge is 2.16. The van der Waals surface area contributed by atoms with Gasteiger partial charge in [0.25, 0.3) is 0 Å². The highest BCUT2D eigenvalue weighted by atomic mass is 31.1. The number of hydrogen-bond acceptors (Lipinski definition) is 7. The fraction of sp³-hybridized carbons (Fsp3) is 0.286. The van der Waals surface area contributed by atoms with Crippen LogP contribution in [0, 0.1) is 25.2 Å². The van der Waals surface area contributed by atoms with Gasteiger partial charge in [-0.3, -0.25) is 4.57 Å². The topological polar surface area (TPSA) is 81.0 Å². The van der Waals surface area contributed by atoms with Gasteiger partial charge in [-0.1, -0.05) is 36.4 Å². The maximum atomic E-state index is 11.1. The molecule has 1 heterocycles. The Hall–Kier alpha value is -4.37. The number of aryl methyl sites for hydroxylation is 1. The molecule has 1 aliphatic rings. The molecule has 0 fully saturated rings. The molecule has 0 amide bonds. The van der Waals surface area contributed by atoms with Crippen molar-refractivity contribution in [1.29, 1.82) is 5.26 Å². The summed E-state index contributed by atoms with van der Waals surface area (Å²) >= 11 is 0. The molecule has 1 unspecified atom stereocenters. The number of fused-ring (bicyclic) bond motifs is 1. The monoisotopic (exact) mass is 595 g/mol. The van der Waals surface area contributed by atoms with Crippen LogP contribution in [0.3, 0.4) is 0 Å². The second-order valence-electron chi connectivity index (χ2n) is 10.7. The Balaban J connectivity index is 1.37. The third-order valence-corrected chi connectivity index (χ3v) is 7.95. The van der Waals surface area contributed by atoms with Gasteiger partial charge in [0, 0.05) is 30.9 Å². The zero-order valence-electron chi connectivity index (χ0n) is 24.8. The van der Waals surface area contributed by atoms with E-state index in [0.29, 0.717) is 44.7 Å². The van der Waals surface area contributed by atoms with E-state index in [-0.39, 0.29) is 8.46 Å². The smallest absolute Gasteiger partial charge is 0.161 e. The van der Waals surface area contributed by atoms with Gasteiger partial charge in [0.1, 0.15) is 37.9 Å². The summed E-state index contributed by atoms with van der Waals surface area (Å²) < 4.78 is 35.3.